The summed E-state index contributed by atoms with van der Waals surface area (Å²) in [6.45, 7) is 3.61. The normalized spacial score (nSPS) is 12.9. The predicted molar refractivity (Wildman–Crippen MR) is 111 cm³/mol. The van der Waals surface area contributed by atoms with Crippen molar-refractivity contribution in [1.82, 2.24) is 4.40 Å². The van der Waals surface area contributed by atoms with Crippen LogP contribution in [-0.2, 0) is 11.2 Å². The van der Waals surface area contributed by atoms with Crippen molar-refractivity contribution in [1.29, 1.82) is 0 Å². The highest BCUT2D eigenvalue weighted by Gasteiger charge is 2.27. The molecule has 3 aromatic rings. The average Bonchev–Trinajstić information content (AvgIpc) is 3.01. The first kappa shape index (κ1) is 18.7. The van der Waals surface area contributed by atoms with Crippen LogP contribution in [0.15, 0.2) is 38.4 Å². The molecule has 144 valence electrons. The maximum atomic E-state index is 13.2. The minimum Gasteiger partial charge on any atom is -0.505 e. The lowest BCUT2D eigenvalue weighted by Gasteiger charge is -2.12. The summed E-state index contributed by atoms with van der Waals surface area (Å²) in [5.74, 6) is -1.57. The lowest BCUT2D eigenvalue weighted by molar-refractivity contribution is 0.0521. The van der Waals surface area contributed by atoms with Gasteiger partial charge in [0.25, 0.3) is 5.56 Å². The van der Waals surface area contributed by atoms with E-state index in [-0.39, 0.29) is 23.7 Å². The number of halogens is 2. The van der Waals surface area contributed by atoms with Gasteiger partial charge in [-0.25, -0.2) is 12.3 Å². The number of carbonyl (C=O) groups excluding carboxylic acids is 1. The average molecular weight is 494 g/mol. The molecule has 0 radical (unpaired) electrons. The largest absolute Gasteiger partial charge is 0.505 e. The minimum atomic E-state index is -0.856. The maximum absolute atomic E-state index is 13.2. The van der Waals surface area contributed by atoms with E-state index in [1.54, 1.807) is 25.3 Å². The zero-order chi connectivity index (χ0) is 20.0. The summed E-state index contributed by atoms with van der Waals surface area (Å²) in [5.41, 5.74) is 1.58. The molecule has 8 heteroatoms. The summed E-state index contributed by atoms with van der Waals surface area (Å²) in [6, 6.07) is 6.28. The summed E-state index contributed by atoms with van der Waals surface area (Å²) >= 11 is -0.839. The van der Waals surface area contributed by atoms with E-state index in [0.29, 0.717) is 11.9 Å². The van der Waals surface area contributed by atoms with Crippen molar-refractivity contribution in [2.75, 3.05) is 6.61 Å². The molecule has 0 fully saturated rings. The van der Waals surface area contributed by atoms with E-state index in [1.807, 2.05) is 6.92 Å². The first-order valence-corrected chi connectivity index (χ1v) is 10.7. The lowest BCUT2D eigenvalue weighted by Crippen LogP contribution is -2.24. The number of benzene rings is 1. The third-order valence-electron chi connectivity index (χ3n) is 4.57. The number of ether oxygens (including phenoxy) is 1. The van der Waals surface area contributed by atoms with Crippen LogP contribution in [0.3, 0.4) is 0 Å². The highest BCUT2D eigenvalue weighted by molar-refractivity contribution is 14.2. The highest BCUT2D eigenvalue weighted by Crippen LogP contribution is 2.40. The number of aromatic nitrogens is 1. The van der Waals surface area contributed by atoms with E-state index in [9.17, 15) is 19.1 Å². The standard InChI is InChI=1S/C20H16FIN2O4/c1-3-28-20(27)15-18(25)16-17-14(10(2)9-24(17)19(15)26)13(22-23-16)8-11-4-6-12(21)7-5-11/h4-7,9,25H,3,8H2,1-2H3. The van der Waals surface area contributed by atoms with Crippen molar-refractivity contribution in [3.63, 3.8) is 0 Å². The molecule has 0 saturated heterocycles. The van der Waals surface area contributed by atoms with Crippen molar-refractivity contribution >= 4 is 41.8 Å². The van der Waals surface area contributed by atoms with Crippen molar-refractivity contribution in [3.8, 4) is 5.75 Å². The van der Waals surface area contributed by atoms with E-state index in [2.05, 4.69) is 3.15 Å². The fourth-order valence-corrected chi connectivity index (χ4v) is 5.84. The van der Waals surface area contributed by atoms with Gasteiger partial charge in [0.05, 0.1) is 12.1 Å². The van der Waals surface area contributed by atoms with Crippen LogP contribution in [0.4, 0.5) is 10.1 Å². The smallest absolute Gasteiger partial charge is 0.347 e. The van der Waals surface area contributed by atoms with Gasteiger partial charge in [-0.3, -0.25) is 9.20 Å². The third-order valence-corrected chi connectivity index (χ3v) is 6.79. The topological polar surface area (TPSA) is 80.4 Å². The van der Waals surface area contributed by atoms with Gasteiger partial charge in [0.2, 0.25) is 0 Å². The maximum Gasteiger partial charge on any atom is 0.347 e. The van der Waals surface area contributed by atoms with Crippen LogP contribution in [0.1, 0.15) is 28.4 Å². The van der Waals surface area contributed by atoms with E-state index in [0.717, 1.165) is 19.9 Å². The molecule has 0 atom stereocenters. The molecule has 1 aliphatic heterocycles. The second kappa shape index (κ2) is 7.08. The van der Waals surface area contributed by atoms with Crippen molar-refractivity contribution < 1.29 is 19.0 Å². The predicted octanol–water partition coefficient (Wildman–Crippen LogP) is 3.50. The summed E-state index contributed by atoms with van der Waals surface area (Å²) in [5, 5.41) is 11.5. The van der Waals surface area contributed by atoms with E-state index >= 15 is 0 Å². The first-order valence-electron chi connectivity index (χ1n) is 8.62. The quantitative estimate of drug-likeness (QED) is 0.445. The van der Waals surface area contributed by atoms with Crippen LogP contribution in [0.5, 0.6) is 5.75 Å². The van der Waals surface area contributed by atoms with E-state index in [1.165, 1.54) is 16.5 Å². The van der Waals surface area contributed by atoms with Gasteiger partial charge in [-0.05, 0) is 37.1 Å². The molecular formula is C20H16FIN2O4. The molecule has 0 unspecified atom stereocenters. The number of hydrogen-bond donors (Lipinski definition) is 1. The second-order valence-corrected chi connectivity index (χ2v) is 8.65. The number of carbonyl (C=O) groups is 1. The monoisotopic (exact) mass is 494 g/mol. The van der Waals surface area contributed by atoms with Gasteiger partial charge in [0, 0.05) is 42.4 Å². The van der Waals surface area contributed by atoms with Crippen LogP contribution >= 0.6 is 21.0 Å². The number of pyridine rings is 1. The Balaban J connectivity index is 1.98. The summed E-state index contributed by atoms with van der Waals surface area (Å²) in [4.78, 5) is 25.0. The molecule has 28 heavy (non-hydrogen) atoms. The highest BCUT2D eigenvalue weighted by atomic mass is 127. The fourth-order valence-electron chi connectivity index (χ4n) is 3.32. The Labute approximate surface area is 169 Å². The Bertz CT molecular complexity index is 1260. The summed E-state index contributed by atoms with van der Waals surface area (Å²) in [7, 11) is 0. The summed E-state index contributed by atoms with van der Waals surface area (Å²) in [6.07, 6.45) is 2.25. The fraction of sp³-hybridized carbons (Fsp3) is 0.200. The second-order valence-electron chi connectivity index (χ2n) is 6.38. The zero-order valence-electron chi connectivity index (χ0n) is 15.1. The Hall–Kier alpha value is -2.62. The molecule has 4 rings (SSSR count). The minimum absolute atomic E-state index is 0.0979. The van der Waals surface area contributed by atoms with Gasteiger partial charge >= 0.3 is 5.97 Å². The van der Waals surface area contributed by atoms with Gasteiger partial charge in [-0.15, -0.1) is 0 Å². The van der Waals surface area contributed by atoms with Gasteiger partial charge in [0.1, 0.15) is 11.5 Å². The molecule has 1 aromatic carbocycles. The number of aromatic hydroxyl groups is 1. The van der Waals surface area contributed by atoms with Gasteiger partial charge in [-0.2, -0.15) is 0 Å². The Kier molecular flexibility index (Phi) is 4.74. The Morgan fingerprint density at radius 1 is 1.32 bits per heavy atom. The molecule has 0 saturated carbocycles. The number of esters is 1. The molecule has 2 aromatic heterocycles. The van der Waals surface area contributed by atoms with Gasteiger partial charge in [-0.1, -0.05) is 12.1 Å². The third kappa shape index (κ3) is 2.92. The number of hydrogen-bond acceptors (Lipinski definition) is 5. The SMILES string of the molecule is CCOC(=O)c1c(O)c2c3c(c(C)cn3c1=O)=C(Cc1ccc(F)cc1)I=N2. The zero-order valence-corrected chi connectivity index (χ0v) is 17.3. The molecule has 0 aliphatic carbocycles. The molecule has 0 amide bonds. The van der Waals surface area contributed by atoms with Crippen LogP contribution in [-0.4, -0.2) is 22.1 Å². The molecule has 0 spiro atoms. The molecule has 1 N–H and O–H groups in total. The molecule has 3 heterocycles. The van der Waals surface area contributed by atoms with Crippen molar-refractivity contribution in [2.24, 2.45) is 3.15 Å². The van der Waals surface area contributed by atoms with Crippen molar-refractivity contribution in [2.45, 2.75) is 20.3 Å². The van der Waals surface area contributed by atoms with E-state index in [4.69, 9.17) is 4.74 Å². The van der Waals surface area contributed by atoms with Gasteiger partial charge in [0.15, 0.2) is 11.3 Å². The van der Waals surface area contributed by atoms with Crippen LogP contribution < -0.4 is 10.8 Å². The molecule has 1 aliphatic rings. The molecule has 0 bridgehead atoms. The molecule has 6 nitrogen and oxygen atoms in total. The van der Waals surface area contributed by atoms with Crippen LogP contribution in [0.2, 0.25) is 0 Å². The Morgan fingerprint density at radius 2 is 2.04 bits per heavy atom. The Morgan fingerprint density at radius 3 is 2.71 bits per heavy atom. The number of aryl methyl sites for hydroxylation is 1. The number of nitrogens with zero attached hydrogens (tertiary/aromatic N) is 2. The number of rotatable bonds is 4. The van der Waals surface area contributed by atoms with Crippen LogP contribution in [0, 0.1) is 12.7 Å². The van der Waals surface area contributed by atoms with Crippen molar-refractivity contribution in [3.05, 3.63) is 68.5 Å². The van der Waals surface area contributed by atoms with Gasteiger partial charge < -0.3 is 9.84 Å². The molecular weight excluding hydrogens is 478 g/mol. The summed E-state index contributed by atoms with van der Waals surface area (Å²) < 4.78 is 25.1. The lowest BCUT2D eigenvalue weighted by atomic mass is 10.1. The first-order chi connectivity index (χ1) is 13.4. The van der Waals surface area contributed by atoms with Crippen LogP contribution in [0.25, 0.3) is 9.10 Å². The van der Waals surface area contributed by atoms with E-state index < -0.39 is 38.3 Å².